The van der Waals surface area contributed by atoms with E-state index in [-0.39, 0.29) is 17.8 Å². The van der Waals surface area contributed by atoms with Crippen LogP contribution in [-0.4, -0.2) is 24.5 Å². The van der Waals surface area contributed by atoms with E-state index in [0.29, 0.717) is 17.9 Å². The van der Waals surface area contributed by atoms with Gasteiger partial charge in [0, 0.05) is 18.1 Å². The highest BCUT2D eigenvalue weighted by atomic mass is 35.5. The predicted octanol–water partition coefficient (Wildman–Crippen LogP) is 4.11. The van der Waals surface area contributed by atoms with E-state index < -0.39 is 17.5 Å². The van der Waals surface area contributed by atoms with E-state index in [2.05, 4.69) is 0 Å². The maximum absolute atomic E-state index is 13.0. The lowest BCUT2D eigenvalue weighted by Gasteiger charge is -2.30. The molecule has 0 amide bonds. The fraction of sp³-hybridized carbons (Fsp3) is 0.579. The Balaban J connectivity index is 1.85. The van der Waals surface area contributed by atoms with Crippen LogP contribution < -0.4 is 0 Å². The SMILES string of the molecule is CO[C@H](c1ccc(Cl)cc1)[C@H](C)C1C(=O)OC2(CCCCC2)C1=O. The van der Waals surface area contributed by atoms with Gasteiger partial charge < -0.3 is 9.47 Å². The summed E-state index contributed by atoms with van der Waals surface area (Å²) < 4.78 is 11.2. The minimum atomic E-state index is -0.882. The molecule has 24 heavy (non-hydrogen) atoms. The standard InChI is InChI=1S/C19H23ClO4/c1-12(16(23-2)13-6-8-14(20)9-7-13)15-17(21)19(24-18(15)22)10-4-3-5-11-19/h6-9,12,15-16H,3-5,10-11H2,1-2H3/t12-,15?,16+/m1/s1. The molecule has 0 aromatic heterocycles. The van der Waals surface area contributed by atoms with Gasteiger partial charge in [-0.2, -0.15) is 0 Å². The summed E-state index contributed by atoms with van der Waals surface area (Å²) in [7, 11) is 1.59. The number of carbonyl (C=O) groups excluding carboxylic acids is 2. The van der Waals surface area contributed by atoms with E-state index in [1.807, 2.05) is 19.1 Å². The van der Waals surface area contributed by atoms with Crippen LogP contribution >= 0.6 is 11.6 Å². The molecule has 1 aliphatic heterocycles. The fourth-order valence-corrected chi connectivity index (χ4v) is 4.23. The summed E-state index contributed by atoms with van der Waals surface area (Å²) in [4.78, 5) is 25.5. The molecule has 1 aliphatic carbocycles. The van der Waals surface area contributed by atoms with Gasteiger partial charge in [-0.15, -0.1) is 0 Å². The third-order valence-electron chi connectivity index (χ3n) is 5.40. The zero-order valence-electron chi connectivity index (χ0n) is 14.1. The van der Waals surface area contributed by atoms with E-state index in [0.717, 1.165) is 24.8 Å². The number of ether oxygens (including phenoxy) is 2. The van der Waals surface area contributed by atoms with Crippen LogP contribution in [0.15, 0.2) is 24.3 Å². The molecule has 0 N–H and O–H groups in total. The number of methoxy groups -OCH3 is 1. The number of esters is 1. The third kappa shape index (κ3) is 2.98. The molecule has 3 rings (SSSR count). The molecule has 3 atom stereocenters. The molecule has 1 aromatic carbocycles. The summed E-state index contributed by atoms with van der Waals surface area (Å²) in [6.45, 7) is 1.88. The molecule has 0 bridgehead atoms. The van der Waals surface area contributed by atoms with Crippen LogP contribution in [0, 0.1) is 11.8 Å². The maximum Gasteiger partial charge on any atom is 0.318 e. The maximum atomic E-state index is 13.0. The van der Waals surface area contributed by atoms with Crippen LogP contribution in [-0.2, 0) is 19.1 Å². The Kier molecular flexibility index (Phi) is 4.97. The van der Waals surface area contributed by atoms with Gasteiger partial charge in [-0.05, 0) is 43.4 Å². The fourth-order valence-electron chi connectivity index (χ4n) is 4.10. The second kappa shape index (κ2) is 6.85. The van der Waals surface area contributed by atoms with Crippen LogP contribution in [0.4, 0.5) is 0 Å². The highest BCUT2D eigenvalue weighted by Crippen LogP contribution is 2.44. The molecule has 2 aliphatic rings. The van der Waals surface area contributed by atoms with Gasteiger partial charge in [0.15, 0.2) is 11.4 Å². The molecule has 1 aromatic rings. The number of Topliss-reactive ketones (excluding diaryl/α,β-unsaturated/α-hetero) is 1. The van der Waals surface area contributed by atoms with Gasteiger partial charge >= 0.3 is 5.97 Å². The number of benzene rings is 1. The van der Waals surface area contributed by atoms with E-state index in [9.17, 15) is 9.59 Å². The summed E-state index contributed by atoms with van der Waals surface area (Å²) >= 11 is 5.94. The van der Waals surface area contributed by atoms with Crippen molar-refractivity contribution in [1.82, 2.24) is 0 Å². The summed E-state index contributed by atoms with van der Waals surface area (Å²) in [6.07, 6.45) is 3.91. The first-order chi connectivity index (χ1) is 11.5. The summed E-state index contributed by atoms with van der Waals surface area (Å²) in [5.74, 6) is -1.51. The van der Waals surface area contributed by atoms with Gasteiger partial charge in [0.1, 0.15) is 5.92 Å². The Morgan fingerprint density at radius 1 is 1.17 bits per heavy atom. The molecule has 4 nitrogen and oxygen atoms in total. The van der Waals surface area contributed by atoms with Crippen molar-refractivity contribution in [3.05, 3.63) is 34.9 Å². The Labute approximate surface area is 147 Å². The number of hydrogen-bond donors (Lipinski definition) is 0. The smallest absolute Gasteiger partial charge is 0.318 e. The van der Waals surface area contributed by atoms with Gasteiger partial charge in [0.2, 0.25) is 0 Å². The van der Waals surface area contributed by atoms with Crippen molar-refractivity contribution in [1.29, 1.82) is 0 Å². The third-order valence-corrected chi connectivity index (χ3v) is 5.65. The number of halogens is 1. The molecule has 2 fully saturated rings. The Morgan fingerprint density at radius 2 is 1.79 bits per heavy atom. The number of hydrogen-bond acceptors (Lipinski definition) is 4. The Bertz CT molecular complexity index is 619. The van der Waals surface area contributed by atoms with Crippen molar-refractivity contribution in [3.63, 3.8) is 0 Å². The van der Waals surface area contributed by atoms with Crippen molar-refractivity contribution >= 4 is 23.4 Å². The quantitative estimate of drug-likeness (QED) is 0.605. The highest BCUT2D eigenvalue weighted by molar-refractivity contribution is 6.30. The first-order valence-electron chi connectivity index (χ1n) is 8.54. The van der Waals surface area contributed by atoms with Crippen LogP contribution in [0.5, 0.6) is 0 Å². The topological polar surface area (TPSA) is 52.6 Å². The summed E-state index contributed by atoms with van der Waals surface area (Å²) in [5, 5.41) is 0.638. The largest absolute Gasteiger partial charge is 0.450 e. The van der Waals surface area contributed by atoms with Crippen LogP contribution in [0.3, 0.4) is 0 Å². The molecule has 1 saturated carbocycles. The molecule has 130 valence electrons. The van der Waals surface area contributed by atoms with Gasteiger partial charge in [-0.3, -0.25) is 9.59 Å². The molecule has 1 spiro atoms. The first-order valence-corrected chi connectivity index (χ1v) is 8.92. The van der Waals surface area contributed by atoms with Crippen LogP contribution in [0.2, 0.25) is 5.02 Å². The van der Waals surface area contributed by atoms with E-state index >= 15 is 0 Å². The number of rotatable bonds is 4. The minimum Gasteiger partial charge on any atom is -0.450 e. The Hall–Kier alpha value is -1.39. The second-order valence-electron chi connectivity index (χ2n) is 6.88. The highest BCUT2D eigenvalue weighted by Gasteiger charge is 2.57. The first kappa shape index (κ1) is 17.4. The predicted molar refractivity (Wildman–Crippen MR) is 90.8 cm³/mol. The number of ketones is 1. The zero-order chi connectivity index (χ0) is 17.3. The average molecular weight is 351 g/mol. The minimum absolute atomic E-state index is 0.0595. The van der Waals surface area contributed by atoms with E-state index in [1.54, 1.807) is 19.2 Å². The average Bonchev–Trinajstić information content (AvgIpc) is 2.80. The van der Waals surface area contributed by atoms with Gasteiger partial charge in [0.05, 0.1) is 6.10 Å². The van der Waals surface area contributed by atoms with E-state index in [4.69, 9.17) is 21.1 Å². The van der Waals surface area contributed by atoms with Crippen LogP contribution in [0.25, 0.3) is 0 Å². The monoisotopic (exact) mass is 350 g/mol. The second-order valence-corrected chi connectivity index (χ2v) is 7.32. The van der Waals surface area contributed by atoms with Crippen molar-refractivity contribution in [2.45, 2.75) is 50.7 Å². The molecule has 1 saturated heterocycles. The van der Waals surface area contributed by atoms with Gasteiger partial charge in [-0.25, -0.2) is 0 Å². The van der Waals surface area contributed by atoms with E-state index in [1.165, 1.54) is 0 Å². The zero-order valence-corrected chi connectivity index (χ0v) is 14.8. The Morgan fingerprint density at radius 3 is 2.38 bits per heavy atom. The summed E-state index contributed by atoms with van der Waals surface area (Å²) in [6, 6.07) is 7.31. The molecule has 5 heteroatoms. The molecule has 1 heterocycles. The van der Waals surface area contributed by atoms with Crippen LogP contribution in [0.1, 0.15) is 50.7 Å². The normalized spacial score (nSPS) is 25.5. The van der Waals surface area contributed by atoms with Crippen molar-refractivity contribution in [3.8, 4) is 0 Å². The lowest BCUT2D eigenvalue weighted by Crippen LogP contribution is -2.41. The molecular weight excluding hydrogens is 328 g/mol. The van der Waals surface area contributed by atoms with Crippen molar-refractivity contribution < 1.29 is 19.1 Å². The van der Waals surface area contributed by atoms with Crippen molar-refractivity contribution in [2.75, 3.05) is 7.11 Å². The number of carbonyl (C=O) groups is 2. The van der Waals surface area contributed by atoms with Gasteiger partial charge in [-0.1, -0.05) is 37.1 Å². The molecule has 0 radical (unpaired) electrons. The molecular formula is C19H23ClO4. The lowest BCUT2D eigenvalue weighted by molar-refractivity contribution is -0.156. The summed E-state index contributed by atoms with van der Waals surface area (Å²) in [5.41, 5.74) is 0.0200. The van der Waals surface area contributed by atoms with Crippen molar-refractivity contribution in [2.24, 2.45) is 11.8 Å². The molecule has 1 unspecified atom stereocenters. The lowest BCUT2D eigenvalue weighted by atomic mass is 9.75. The van der Waals surface area contributed by atoms with Gasteiger partial charge in [0.25, 0.3) is 0 Å².